The summed E-state index contributed by atoms with van der Waals surface area (Å²) >= 11 is 0. The van der Waals surface area contributed by atoms with Crippen molar-refractivity contribution in [3.8, 4) is 11.5 Å². The zero-order valence-electron chi connectivity index (χ0n) is 20.5. The number of halogens is 3. The Labute approximate surface area is 221 Å². The molecule has 0 N–H and O–H groups in total. The fraction of sp³-hybridized carbons (Fsp3) is 0.375. The second-order valence-corrected chi connectivity index (χ2v) is 11.1. The number of imidazole rings is 1. The molecule has 0 aliphatic carbocycles. The highest BCUT2D eigenvalue weighted by atomic mass is 32.2. The van der Waals surface area contributed by atoms with Crippen LogP contribution in [0, 0.1) is 5.82 Å². The first-order chi connectivity index (χ1) is 18.8. The van der Waals surface area contributed by atoms with Gasteiger partial charge in [-0.25, -0.2) is 9.37 Å². The molecule has 5 heterocycles. The van der Waals surface area contributed by atoms with Gasteiger partial charge >= 0.3 is 16.6 Å². The van der Waals surface area contributed by atoms with Crippen molar-refractivity contribution >= 4 is 21.5 Å². The van der Waals surface area contributed by atoms with Crippen molar-refractivity contribution in [2.75, 3.05) is 43.7 Å². The number of rotatable bonds is 8. The molecule has 0 radical (unpaired) electrons. The molecule has 0 bridgehead atoms. The number of pyridine rings is 1. The number of nitrogens with zero attached hydrogens (tertiary/aromatic N) is 7. The molecule has 1 aromatic carbocycles. The van der Waals surface area contributed by atoms with Gasteiger partial charge < -0.3 is 13.6 Å². The number of hydrogen-bond acceptors (Lipinski definition) is 8. The first kappa shape index (κ1) is 25.7. The topological polar surface area (TPSA) is 109 Å². The number of fused-ring (bicyclic) bond motifs is 1. The van der Waals surface area contributed by atoms with Crippen molar-refractivity contribution in [1.29, 1.82) is 0 Å². The minimum absolute atomic E-state index is 0.0890. The standard InChI is InChI=1S/C24H24F3N7O4S/c25-17-2-1-3-19(11-17)34(39(35,36)33-8-6-31(7-9-33)20-14-37-15-20)13-18-12-32-5-4-16(10-21(32)28-18)23-29-30-24(38-23)22(26)27/h1-5,10-12,20,22H,6-9,13-15H2. The Hall–Kier alpha value is -3.53. The molecule has 4 aromatic rings. The molecule has 2 fully saturated rings. The van der Waals surface area contributed by atoms with E-state index in [-0.39, 0.29) is 18.1 Å². The maximum absolute atomic E-state index is 14.2. The van der Waals surface area contributed by atoms with Crippen LogP contribution >= 0.6 is 0 Å². The molecule has 2 aliphatic heterocycles. The van der Waals surface area contributed by atoms with Crippen LogP contribution < -0.4 is 4.31 Å². The molecule has 11 nitrogen and oxygen atoms in total. The maximum atomic E-state index is 14.2. The molecule has 2 saturated heterocycles. The summed E-state index contributed by atoms with van der Waals surface area (Å²) < 4.78 is 82.0. The zero-order chi connectivity index (χ0) is 27.1. The SMILES string of the molecule is O=S(=O)(N1CCN(C2COC2)CC1)N(Cc1cn2ccc(-c3nnc(C(F)F)o3)cc2n1)c1cccc(F)c1. The van der Waals surface area contributed by atoms with Gasteiger partial charge in [-0.3, -0.25) is 9.21 Å². The summed E-state index contributed by atoms with van der Waals surface area (Å²) in [5.41, 5.74) is 1.35. The third kappa shape index (κ3) is 5.09. The van der Waals surface area contributed by atoms with E-state index in [0.29, 0.717) is 62.3 Å². The molecule has 206 valence electrons. The van der Waals surface area contributed by atoms with Gasteiger partial charge in [-0.05, 0) is 30.3 Å². The van der Waals surface area contributed by atoms with Crippen LogP contribution in [-0.4, -0.2) is 82.6 Å². The van der Waals surface area contributed by atoms with Gasteiger partial charge in [0, 0.05) is 44.1 Å². The third-order valence-corrected chi connectivity index (χ3v) is 8.72. The predicted octanol–water partition coefficient (Wildman–Crippen LogP) is 2.73. The molecule has 0 saturated carbocycles. The van der Waals surface area contributed by atoms with Crippen LogP contribution in [-0.2, 0) is 21.5 Å². The number of ether oxygens (including phenoxy) is 1. The van der Waals surface area contributed by atoms with Gasteiger partial charge in [0.25, 0.3) is 5.89 Å². The van der Waals surface area contributed by atoms with Gasteiger partial charge in [0.05, 0.1) is 37.2 Å². The highest BCUT2D eigenvalue weighted by Gasteiger charge is 2.36. The zero-order valence-corrected chi connectivity index (χ0v) is 21.3. The number of piperazine rings is 1. The summed E-state index contributed by atoms with van der Waals surface area (Å²) in [7, 11) is -4.04. The number of aromatic nitrogens is 4. The molecule has 0 spiro atoms. The van der Waals surface area contributed by atoms with E-state index in [0.717, 1.165) is 4.31 Å². The molecule has 6 rings (SSSR count). The van der Waals surface area contributed by atoms with Crippen molar-refractivity contribution in [3.05, 3.63) is 66.2 Å². The Balaban J connectivity index is 1.28. The second kappa shape index (κ2) is 10.2. The number of anilines is 1. The minimum atomic E-state index is -4.04. The lowest BCUT2D eigenvalue weighted by Gasteiger charge is -2.43. The van der Waals surface area contributed by atoms with E-state index in [2.05, 4.69) is 20.1 Å². The van der Waals surface area contributed by atoms with Crippen molar-refractivity contribution in [3.63, 3.8) is 0 Å². The van der Waals surface area contributed by atoms with Crippen LogP contribution in [0.2, 0.25) is 0 Å². The summed E-state index contributed by atoms with van der Waals surface area (Å²) in [4.78, 5) is 6.74. The van der Waals surface area contributed by atoms with Crippen molar-refractivity contribution in [1.82, 2.24) is 28.8 Å². The lowest BCUT2D eigenvalue weighted by atomic mass is 10.2. The van der Waals surface area contributed by atoms with Crippen LogP contribution in [0.3, 0.4) is 0 Å². The monoisotopic (exact) mass is 563 g/mol. The Morgan fingerprint density at radius 2 is 1.87 bits per heavy atom. The molecular weight excluding hydrogens is 539 g/mol. The summed E-state index contributed by atoms with van der Waals surface area (Å²) in [6.07, 6.45) is 0.380. The number of alkyl halides is 2. The highest BCUT2D eigenvalue weighted by molar-refractivity contribution is 7.90. The Bertz CT molecular complexity index is 1580. The summed E-state index contributed by atoms with van der Waals surface area (Å²) in [6.45, 7) is 2.88. The van der Waals surface area contributed by atoms with Crippen molar-refractivity contribution in [2.45, 2.75) is 19.0 Å². The molecule has 0 unspecified atom stereocenters. The van der Waals surface area contributed by atoms with Crippen molar-refractivity contribution in [2.24, 2.45) is 0 Å². The average molecular weight is 564 g/mol. The van der Waals surface area contributed by atoms with E-state index in [1.54, 1.807) is 28.9 Å². The smallest absolute Gasteiger partial charge is 0.314 e. The summed E-state index contributed by atoms with van der Waals surface area (Å²) in [5, 5.41) is 6.99. The van der Waals surface area contributed by atoms with Gasteiger partial charge in [-0.15, -0.1) is 10.2 Å². The Morgan fingerprint density at radius 1 is 1.08 bits per heavy atom. The minimum Gasteiger partial charge on any atom is -0.415 e. The first-order valence-corrected chi connectivity index (χ1v) is 13.6. The lowest BCUT2D eigenvalue weighted by Crippen LogP contribution is -2.59. The maximum Gasteiger partial charge on any atom is 0.314 e. The van der Waals surface area contributed by atoms with E-state index in [1.165, 1.54) is 28.6 Å². The van der Waals surface area contributed by atoms with Gasteiger partial charge in [-0.1, -0.05) is 6.07 Å². The Morgan fingerprint density at radius 3 is 2.54 bits per heavy atom. The normalized spacial score (nSPS) is 17.6. The van der Waals surface area contributed by atoms with Gasteiger partial charge in [0.1, 0.15) is 11.5 Å². The highest BCUT2D eigenvalue weighted by Crippen LogP contribution is 2.27. The largest absolute Gasteiger partial charge is 0.415 e. The van der Waals surface area contributed by atoms with Gasteiger partial charge in [-0.2, -0.15) is 21.5 Å². The lowest BCUT2D eigenvalue weighted by molar-refractivity contribution is -0.0721. The molecule has 0 amide bonds. The van der Waals surface area contributed by atoms with E-state index in [4.69, 9.17) is 9.15 Å². The first-order valence-electron chi connectivity index (χ1n) is 12.2. The third-order valence-electron chi connectivity index (χ3n) is 6.80. The van der Waals surface area contributed by atoms with E-state index < -0.39 is 28.3 Å². The molecule has 3 aromatic heterocycles. The van der Waals surface area contributed by atoms with E-state index in [1.807, 2.05) is 0 Å². The summed E-state index contributed by atoms with van der Waals surface area (Å²) in [6, 6.07) is 8.88. The van der Waals surface area contributed by atoms with Crippen LogP contribution in [0.4, 0.5) is 18.9 Å². The van der Waals surface area contributed by atoms with Gasteiger partial charge in [0.15, 0.2) is 0 Å². The Kier molecular flexibility index (Phi) is 6.74. The van der Waals surface area contributed by atoms with Gasteiger partial charge in [0.2, 0.25) is 5.89 Å². The fourth-order valence-electron chi connectivity index (χ4n) is 4.64. The second-order valence-electron chi connectivity index (χ2n) is 9.28. The predicted molar refractivity (Wildman–Crippen MR) is 133 cm³/mol. The van der Waals surface area contributed by atoms with E-state index in [9.17, 15) is 21.6 Å². The van der Waals surface area contributed by atoms with E-state index >= 15 is 0 Å². The van der Waals surface area contributed by atoms with Crippen molar-refractivity contribution < 1.29 is 30.7 Å². The molecule has 15 heteroatoms. The van der Waals surface area contributed by atoms with Crippen LogP contribution in [0.1, 0.15) is 18.0 Å². The molecule has 0 atom stereocenters. The molecule has 2 aliphatic rings. The fourth-order valence-corrected chi connectivity index (χ4v) is 6.22. The number of hydrogen-bond donors (Lipinski definition) is 0. The summed E-state index contributed by atoms with van der Waals surface area (Å²) in [5.74, 6) is -1.44. The average Bonchev–Trinajstić information content (AvgIpc) is 3.53. The number of benzene rings is 1. The molecular formula is C24H24F3N7O4S. The quantitative estimate of drug-likeness (QED) is 0.322. The van der Waals surface area contributed by atoms with Crippen LogP contribution in [0.15, 0.2) is 53.2 Å². The van der Waals surface area contributed by atoms with Crippen LogP contribution in [0.5, 0.6) is 0 Å². The molecule has 39 heavy (non-hydrogen) atoms. The van der Waals surface area contributed by atoms with Crippen LogP contribution in [0.25, 0.3) is 17.1 Å².